The normalized spacial score (nSPS) is 9.00. The summed E-state index contributed by atoms with van der Waals surface area (Å²) in [6.45, 7) is 0. The number of rotatable bonds is 0. The molecule has 0 spiro atoms. The first-order chi connectivity index (χ1) is 3.79. The van der Waals surface area contributed by atoms with E-state index in [0.717, 1.165) is 0 Å². The van der Waals surface area contributed by atoms with Gasteiger partial charge in [-0.1, -0.05) is 17.0 Å². The van der Waals surface area contributed by atoms with Crippen molar-refractivity contribution in [2.75, 3.05) is 0 Å². The van der Waals surface area contributed by atoms with Gasteiger partial charge in [-0.3, -0.25) is 4.98 Å². The van der Waals surface area contributed by atoms with Crippen molar-refractivity contribution in [2.45, 2.75) is 0 Å². The summed E-state index contributed by atoms with van der Waals surface area (Å²) in [5.74, 6) is 0. The summed E-state index contributed by atoms with van der Waals surface area (Å²) in [5.41, 5.74) is 1.20. The van der Waals surface area contributed by atoms with E-state index < -0.39 is 0 Å². The van der Waals surface area contributed by atoms with E-state index in [0.29, 0.717) is 10.9 Å². The highest BCUT2D eigenvalue weighted by molar-refractivity contribution is 6.37. The Balaban J connectivity index is 3.08. The third-order valence-corrected chi connectivity index (χ3v) is 0.781. The lowest BCUT2D eigenvalue weighted by atomic mass is 9.90. The summed E-state index contributed by atoms with van der Waals surface area (Å²) in [7, 11) is 10.6. The highest BCUT2D eigenvalue weighted by atomic mass is 14.6. The van der Waals surface area contributed by atoms with Crippen LogP contribution >= 0.6 is 0 Å². The number of nitrogens with zero attached hydrogens (tertiary/aromatic N) is 1. The first-order valence-corrected chi connectivity index (χ1v) is 2.25. The van der Waals surface area contributed by atoms with Crippen molar-refractivity contribution in [3.8, 4) is 0 Å². The summed E-state index contributed by atoms with van der Waals surface area (Å²) >= 11 is 0. The van der Waals surface area contributed by atoms with Gasteiger partial charge < -0.3 is 0 Å². The highest BCUT2D eigenvalue weighted by Gasteiger charge is 1.81. The van der Waals surface area contributed by atoms with Crippen LogP contribution in [0.25, 0.3) is 0 Å². The van der Waals surface area contributed by atoms with Crippen molar-refractivity contribution in [1.82, 2.24) is 4.98 Å². The molecule has 0 unspecified atom stereocenters. The van der Waals surface area contributed by atoms with Gasteiger partial charge in [-0.05, 0) is 0 Å². The third-order valence-electron chi connectivity index (χ3n) is 0.781. The van der Waals surface area contributed by atoms with Gasteiger partial charge >= 0.3 is 0 Å². The Kier molecular flexibility index (Phi) is 1.38. The molecule has 1 aromatic heterocycles. The Labute approximate surface area is 51.0 Å². The second-order valence-electron chi connectivity index (χ2n) is 1.55. The first kappa shape index (κ1) is 5.42. The zero-order chi connectivity index (χ0) is 5.98. The van der Waals surface area contributed by atoms with E-state index in [9.17, 15) is 0 Å². The Morgan fingerprint density at radius 2 is 1.62 bits per heavy atom. The van der Waals surface area contributed by atoms with Crippen LogP contribution in [0.3, 0.4) is 0 Å². The lowest BCUT2D eigenvalue weighted by molar-refractivity contribution is 1.37. The summed E-state index contributed by atoms with van der Waals surface area (Å²) in [6.07, 6.45) is 3.10. The fourth-order valence-corrected chi connectivity index (χ4v) is 0.476. The van der Waals surface area contributed by atoms with Crippen molar-refractivity contribution >= 4 is 26.6 Å². The Morgan fingerprint density at radius 1 is 1.12 bits per heavy atom. The van der Waals surface area contributed by atoms with E-state index in [2.05, 4.69) is 4.98 Å². The Bertz CT molecular complexity index is 170. The smallest absolute Gasteiger partial charge is 0.115 e. The average Bonchev–Trinajstić information content (AvgIpc) is 1.64. The van der Waals surface area contributed by atoms with Crippen molar-refractivity contribution in [1.29, 1.82) is 0 Å². The van der Waals surface area contributed by atoms with Gasteiger partial charge in [-0.2, -0.15) is 0 Å². The Morgan fingerprint density at radius 3 is 1.88 bits per heavy atom. The molecule has 1 rings (SSSR count). The molecule has 34 valence electrons. The molecular weight excluding hydrogens is 95.7 g/mol. The van der Waals surface area contributed by atoms with Crippen LogP contribution in [0.1, 0.15) is 0 Å². The molecule has 1 aromatic rings. The maximum absolute atomic E-state index is 5.32. The van der Waals surface area contributed by atoms with Crippen LogP contribution in [0.4, 0.5) is 0 Å². The number of aromatic nitrogens is 1. The zero-order valence-electron chi connectivity index (χ0n) is 4.33. The minimum Gasteiger partial charge on any atom is -0.266 e. The highest BCUT2D eigenvalue weighted by Crippen LogP contribution is 1.66. The van der Waals surface area contributed by atoms with Crippen molar-refractivity contribution in [3.63, 3.8) is 0 Å². The van der Waals surface area contributed by atoms with Crippen LogP contribution in [-0.4, -0.2) is 20.7 Å². The van der Waals surface area contributed by atoms with Gasteiger partial charge in [-0.15, -0.1) is 0 Å². The zero-order valence-corrected chi connectivity index (χ0v) is 4.33. The van der Waals surface area contributed by atoms with E-state index >= 15 is 0 Å². The van der Waals surface area contributed by atoms with Crippen LogP contribution in [0, 0.1) is 0 Å². The largest absolute Gasteiger partial charge is 0.266 e. The van der Waals surface area contributed by atoms with Crippen LogP contribution in [0.5, 0.6) is 0 Å². The van der Waals surface area contributed by atoms with E-state index in [-0.39, 0.29) is 0 Å². The van der Waals surface area contributed by atoms with Gasteiger partial charge in [0.25, 0.3) is 0 Å². The first-order valence-electron chi connectivity index (χ1n) is 2.25. The number of pyridine rings is 1. The summed E-state index contributed by atoms with van der Waals surface area (Å²) < 4.78 is 0. The van der Waals surface area contributed by atoms with Gasteiger partial charge in [0.05, 0.1) is 0 Å². The molecule has 0 aliphatic rings. The molecule has 1 heterocycles. The molecule has 0 saturated carbocycles. The monoisotopic (exact) mass is 99.0 g/mol. The van der Waals surface area contributed by atoms with E-state index in [1.54, 1.807) is 18.5 Å². The maximum Gasteiger partial charge on any atom is 0.115 e. The predicted molar refractivity (Wildman–Crippen MR) is 35.0 cm³/mol. The SMILES string of the molecule is [B]c1cncc([B])c1. The molecule has 0 aromatic carbocycles. The van der Waals surface area contributed by atoms with E-state index in [1.807, 2.05) is 0 Å². The van der Waals surface area contributed by atoms with Crippen LogP contribution in [0.2, 0.25) is 0 Å². The minimum absolute atomic E-state index is 0.602. The van der Waals surface area contributed by atoms with E-state index in [1.165, 1.54) is 0 Å². The number of hydrogen-bond acceptors (Lipinski definition) is 1. The molecule has 1 nitrogen and oxygen atoms in total. The predicted octanol–water partition coefficient (Wildman–Crippen LogP) is -1.33. The molecule has 4 radical (unpaired) electrons. The van der Waals surface area contributed by atoms with Gasteiger partial charge in [0, 0.05) is 12.4 Å². The van der Waals surface area contributed by atoms with E-state index in [4.69, 9.17) is 15.7 Å². The minimum atomic E-state index is 0.602. The lowest BCUT2D eigenvalue weighted by Gasteiger charge is -1.90. The van der Waals surface area contributed by atoms with Crippen LogP contribution < -0.4 is 10.9 Å². The van der Waals surface area contributed by atoms with Crippen LogP contribution in [0.15, 0.2) is 18.5 Å². The topological polar surface area (TPSA) is 12.9 Å². The molecule has 0 aliphatic heterocycles. The molecule has 0 bridgehead atoms. The van der Waals surface area contributed by atoms with Crippen molar-refractivity contribution in [2.24, 2.45) is 0 Å². The molecule has 0 atom stereocenters. The second kappa shape index (κ2) is 2.03. The summed E-state index contributed by atoms with van der Waals surface area (Å²) in [4.78, 5) is 3.73. The van der Waals surface area contributed by atoms with Gasteiger partial charge in [0.15, 0.2) is 0 Å². The fourth-order valence-electron chi connectivity index (χ4n) is 0.476. The molecule has 0 amide bonds. The molecule has 0 saturated heterocycles. The molecule has 0 N–H and O–H groups in total. The van der Waals surface area contributed by atoms with Crippen molar-refractivity contribution < 1.29 is 0 Å². The number of hydrogen-bond donors (Lipinski definition) is 0. The Hall–Kier alpha value is -0.720. The maximum atomic E-state index is 5.32. The summed E-state index contributed by atoms with van der Waals surface area (Å²) in [5, 5.41) is 0. The molecule has 0 fully saturated rings. The third kappa shape index (κ3) is 1.12. The molecular formula is C5H3B2N. The lowest BCUT2D eigenvalue weighted by Crippen LogP contribution is -2.13. The quantitative estimate of drug-likeness (QED) is 0.367. The second-order valence-corrected chi connectivity index (χ2v) is 1.55. The van der Waals surface area contributed by atoms with Gasteiger partial charge in [-0.25, -0.2) is 0 Å². The molecule has 3 heteroatoms. The fraction of sp³-hybridized carbons (Fsp3) is 0. The van der Waals surface area contributed by atoms with Crippen molar-refractivity contribution in [3.05, 3.63) is 18.5 Å². The standard InChI is InChI=1S/C5H3B2N/c6-4-1-5(7)3-8-2-4/h1-3H. The summed E-state index contributed by atoms with van der Waals surface area (Å²) in [6, 6.07) is 1.66. The average molecular weight is 98.7 g/mol. The molecule has 8 heavy (non-hydrogen) atoms. The molecule has 0 aliphatic carbocycles. The van der Waals surface area contributed by atoms with Crippen LogP contribution in [-0.2, 0) is 0 Å². The van der Waals surface area contributed by atoms with Gasteiger partial charge in [0.1, 0.15) is 15.7 Å². The van der Waals surface area contributed by atoms with Gasteiger partial charge in [0.2, 0.25) is 0 Å².